The lowest BCUT2D eigenvalue weighted by atomic mass is 10.4. The van der Waals surface area contributed by atoms with E-state index >= 15 is 0 Å². The highest BCUT2D eigenvalue weighted by Crippen LogP contribution is 2.13. The van der Waals surface area contributed by atoms with E-state index in [9.17, 15) is 4.79 Å². The highest BCUT2D eigenvalue weighted by Gasteiger charge is 2.17. The summed E-state index contributed by atoms with van der Waals surface area (Å²) in [4.78, 5) is 22.0. The van der Waals surface area contributed by atoms with Gasteiger partial charge in [0.05, 0.1) is 6.54 Å². The van der Waals surface area contributed by atoms with Gasteiger partial charge >= 0.3 is 0 Å². The minimum atomic E-state index is 0.0838. The fourth-order valence-electron chi connectivity index (χ4n) is 1.99. The number of nitrogens with one attached hydrogen (secondary N) is 1. The summed E-state index contributed by atoms with van der Waals surface area (Å²) in [7, 11) is 1.56. The van der Waals surface area contributed by atoms with E-state index in [1.807, 2.05) is 4.90 Å². The van der Waals surface area contributed by atoms with E-state index in [2.05, 4.69) is 15.3 Å². The predicted molar refractivity (Wildman–Crippen MR) is 72.1 cm³/mol. The van der Waals surface area contributed by atoms with Crippen LogP contribution in [0.4, 0.5) is 5.82 Å². The van der Waals surface area contributed by atoms with Crippen molar-refractivity contribution in [2.75, 3.05) is 32.1 Å². The number of carbonyl (C=O) groups excluding carboxylic acids is 1. The van der Waals surface area contributed by atoms with Crippen molar-refractivity contribution in [2.24, 2.45) is 0 Å². The summed E-state index contributed by atoms with van der Waals surface area (Å²) < 4.78 is 4.96. The second-order valence-corrected chi connectivity index (χ2v) is 4.75. The third-order valence-electron chi connectivity index (χ3n) is 2.89. The first kappa shape index (κ1) is 14.0. The monoisotopic (exact) mass is 284 g/mol. The van der Waals surface area contributed by atoms with Crippen LogP contribution in [0.1, 0.15) is 18.7 Å². The number of anilines is 1. The Morgan fingerprint density at radius 1 is 1.47 bits per heavy atom. The summed E-state index contributed by atoms with van der Waals surface area (Å²) in [5.74, 6) is 1.12. The maximum absolute atomic E-state index is 11.9. The molecule has 7 heteroatoms. The molecule has 1 aromatic heterocycles. The lowest BCUT2D eigenvalue weighted by Gasteiger charge is -2.15. The van der Waals surface area contributed by atoms with Gasteiger partial charge < -0.3 is 15.0 Å². The van der Waals surface area contributed by atoms with Crippen molar-refractivity contribution in [2.45, 2.75) is 19.4 Å². The molecule has 19 heavy (non-hydrogen) atoms. The smallest absolute Gasteiger partial charge is 0.241 e. The lowest BCUT2D eigenvalue weighted by Crippen LogP contribution is -2.33. The molecule has 0 aliphatic carbocycles. The molecular weight excluding hydrogens is 268 g/mol. The minimum absolute atomic E-state index is 0.0838. The molecule has 1 amide bonds. The zero-order valence-electron chi connectivity index (χ0n) is 10.9. The average Bonchev–Trinajstić information content (AvgIpc) is 2.89. The van der Waals surface area contributed by atoms with E-state index in [1.165, 1.54) is 0 Å². The molecule has 0 aromatic carbocycles. The van der Waals surface area contributed by atoms with Crippen molar-refractivity contribution >= 4 is 23.3 Å². The van der Waals surface area contributed by atoms with Gasteiger partial charge in [0, 0.05) is 26.3 Å². The van der Waals surface area contributed by atoms with Crippen LogP contribution in [0.2, 0.25) is 5.15 Å². The first-order valence-corrected chi connectivity index (χ1v) is 6.61. The van der Waals surface area contributed by atoms with E-state index in [-0.39, 0.29) is 19.1 Å². The van der Waals surface area contributed by atoms with Crippen LogP contribution < -0.4 is 5.32 Å². The highest BCUT2D eigenvalue weighted by atomic mass is 35.5. The number of rotatable bonds is 5. The van der Waals surface area contributed by atoms with E-state index in [0.717, 1.165) is 25.9 Å². The van der Waals surface area contributed by atoms with Crippen LogP contribution in [0, 0.1) is 0 Å². The van der Waals surface area contributed by atoms with Crippen LogP contribution in [-0.2, 0) is 16.1 Å². The second-order valence-electron chi connectivity index (χ2n) is 4.37. The summed E-state index contributed by atoms with van der Waals surface area (Å²) in [6.07, 6.45) is 2.17. The van der Waals surface area contributed by atoms with Gasteiger partial charge in [-0.1, -0.05) is 11.6 Å². The summed E-state index contributed by atoms with van der Waals surface area (Å²) in [6, 6.07) is 1.60. The zero-order chi connectivity index (χ0) is 13.7. The number of hydrogen-bond acceptors (Lipinski definition) is 5. The van der Waals surface area contributed by atoms with E-state index < -0.39 is 0 Å². The molecule has 0 atom stereocenters. The van der Waals surface area contributed by atoms with Crippen molar-refractivity contribution in [1.29, 1.82) is 0 Å². The molecule has 0 spiro atoms. The number of methoxy groups -OCH3 is 1. The molecule has 0 bridgehead atoms. The molecule has 0 unspecified atom stereocenters. The highest BCUT2D eigenvalue weighted by molar-refractivity contribution is 6.29. The van der Waals surface area contributed by atoms with Crippen LogP contribution >= 0.6 is 11.6 Å². The van der Waals surface area contributed by atoms with Crippen molar-refractivity contribution in [3.05, 3.63) is 17.0 Å². The molecule has 1 aliphatic heterocycles. The Morgan fingerprint density at radius 3 is 2.89 bits per heavy atom. The predicted octanol–water partition coefficient (Wildman–Crippen LogP) is 1.31. The van der Waals surface area contributed by atoms with Gasteiger partial charge in [0.2, 0.25) is 5.91 Å². The summed E-state index contributed by atoms with van der Waals surface area (Å²) in [6.45, 7) is 2.20. The van der Waals surface area contributed by atoms with Gasteiger partial charge in [-0.15, -0.1) is 0 Å². The third kappa shape index (κ3) is 4.04. The maximum Gasteiger partial charge on any atom is 0.241 e. The Hall–Kier alpha value is -1.40. The van der Waals surface area contributed by atoms with Gasteiger partial charge in [0.1, 0.15) is 17.6 Å². The van der Waals surface area contributed by atoms with E-state index in [0.29, 0.717) is 16.8 Å². The van der Waals surface area contributed by atoms with Crippen molar-refractivity contribution in [1.82, 2.24) is 14.9 Å². The van der Waals surface area contributed by atoms with Crippen LogP contribution in [0.5, 0.6) is 0 Å². The van der Waals surface area contributed by atoms with Crippen LogP contribution in [-0.4, -0.2) is 47.5 Å². The fourth-order valence-corrected chi connectivity index (χ4v) is 2.19. The van der Waals surface area contributed by atoms with Crippen molar-refractivity contribution < 1.29 is 9.53 Å². The minimum Gasteiger partial charge on any atom is -0.377 e. The molecule has 0 saturated carbocycles. The second kappa shape index (κ2) is 6.68. The number of nitrogens with zero attached hydrogens (tertiary/aromatic N) is 3. The first-order chi connectivity index (χ1) is 9.19. The molecule has 1 aliphatic rings. The van der Waals surface area contributed by atoms with Gasteiger partial charge in [-0.2, -0.15) is 0 Å². The zero-order valence-corrected chi connectivity index (χ0v) is 11.6. The number of aromatic nitrogens is 2. The van der Waals surface area contributed by atoms with Gasteiger partial charge in [-0.25, -0.2) is 9.97 Å². The van der Waals surface area contributed by atoms with E-state index in [4.69, 9.17) is 16.3 Å². The van der Waals surface area contributed by atoms with Gasteiger partial charge in [-0.05, 0) is 12.8 Å². The number of halogens is 1. The van der Waals surface area contributed by atoms with Crippen LogP contribution in [0.15, 0.2) is 6.07 Å². The van der Waals surface area contributed by atoms with Crippen molar-refractivity contribution in [3.63, 3.8) is 0 Å². The van der Waals surface area contributed by atoms with Gasteiger partial charge in [-0.3, -0.25) is 4.79 Å². The first-order valence-electron chi connectivity index (χ1n) is 6.23. The summed E-state index contributed by atoms with van der Waals surface area (Å²) >= 11 is 5.89. The van der Waals surface area contributed by atoms with E-state index in [1.54, 1.807) is 13.2 Å². The van der Waals surface area contributed by atoms with Gasteiger partial charge in [0.15, 0.2) is 5.82 Å². The van der Waals surface area contributed by atoms with Crippen LogP contribution in [0.3, 0.4) is 0 Å². The summed E-state index contributed by atoms with van der Waals surface area (Å²) in [5, 5.41) is 3.31. The number of carbonyl (C=O) groups is 1. The third-order valence-corrected chi connectivity index (χ3v) is 3.09. The Labute approximate surface area is 117 Å². The molecule has 2 rings (SSSR count). The number of likely N-dealkylation sites (tertiary alicyclic amines) is 1. The normalized spacial score (nSPS) is 14.7. The number of ether oxygens (including phenoxy) is 1. The topological polar surface area (TPSA) is 67.3 Å². The quantitative estimate of drug-likeness (QED) is 0.826. The molecule has 6 nitrogen and oxygen atoms in total. The fraction of sp³-hybridized carbons (Fsp3) is 0.583. The molecule has 1 N–H and O–H groups in total. The lowest BCUT2D eigenvalue weighted by molar-refractivity contribution is -0.128. The van der Waals surface area contributed by atoms with Crippen LogP contribution in [0.25, 0.3) is 0 Å². The molecule has 1 saturated heterocycles. The Kier molecular flexibility index (Phi) is 4.93. The standard InChI is InChI=1S/C12H17ClN4O2/c1-19-8-11-15-9(13)6-10(16-11)14-7-12(18)17-4-2-3-5-17/h6H,2-5,7-8H2,1H3,(H,14,15,16). The average molecular weight is 285 g/mol. The SMILES string of the molecule is COCc1nc(Cl)cc(NCC(=O)N2CCCC2)n1. The number of amides is 1. The molecule has 2 heterocycles. The Bertz CT molecular complexity index is 449. The summed E-state index contributed by atoms with van der Waals surface area (Å²) in [5.41, 5.74) is 0. The number of hydrogen-bond donors (Lipinski definition) is 1. The molecule has 1 fully saturated rings. The molecule has 104 valence electrons. The van der Waals surface area contributed by atoms with Gasteiger partial charge in [0.25, 0.3) is 0 Å². The largest absolute Gasteiger partial charge is 0.377 e. The van der Waals surface area contributed by atoms with Crippen molar-refractivity contribution in [3.8, 4) is 0 Å². The Morgan fingerprint density at radius 2 is 2.21 bits per heavy atom. The maximum atomic E-state index is 11.9. The molecule has 0 radical (unpaired) electrons. The molecular formula is C12H17ClN4O2. The Balaban J connectivity index is 1.92. The molecule has 1 aromatic rings.